The maximum absolute atomic E-state index is 13.7. The van der Waals surface area contributed by atoms with Gasteiger partial charge in [0, 0.05) is 24.7 Å². The van der Waals surface area contributed by atoms with Gasteiger partial charge in [-0.3, -0.25) is 9.78 Å². The highest BCUT2D eigenvalue weighted by Crippen LogP contribution is 2.43. The van der Waals surface area contributed by atoms with E-state index in [1.165, 1.54) is 7.11 Å². The summed E-state index contributed by atoms with van der Waals surface area (Å²) in [6, 6.07) is 50.2. The van der Waals surface area contributed by atoms with E-state index < -0.39 is 17.0 Å². The molecule has 1 amide bonds. The maximum atomic E-state index is 13.7. The van der Waals surface area contributed by atoms with E-state index in [1.807, 2.05) is 110 Å². The second-order valence-corrected chi connectivity index (χ2v) is 13.3. The number of pyridine rings is 1. The Labute approximate surface area is 313 Å². The summed E-state index contributed by atoms with van der Waals surface area (Å²) in [7, 11) is 1.35. The van der Waals surface area contributed by atoms with Crippen molar-refractivity contribution in [2.45, 2.75) is 30.8 Å². The molecule has 266 valence electrons. The Hall–Kier alpha value is -6.74. The van der Waals surface area contributed by atoms with Gasteiger partial charge in [-0.15, -0.1) is 15.0 Å². The number of fused-ring (bicyclic) bond motifs is 1. The van der Waals surface area contributed by atoms with Gasteiger partial charge >= 0.3 is 5.97 Å². The lowest BCUT2D eigenvalue weighted by molar-refractivity contribution is -0.154. The van der Waals surface area contributed by atoms with E-state index in [-0.39, 0.29) is 12.3 Å². The predicted molar refractivity (Wildman–Crippen MR) is 206 cm³/mol. The van der Waals surface area contributed by atoms with Gasteiger partial charge in [0.15, 0.2) is 11.1 Å². The van der Waals surface area contributed by atoms with Crippen LogP contribution in [0.25, 0.3) is 22.5 Å². The van der Waals surface area contributed by atoms with Crippen LogP contribution < -0.4 is 0 Å². The Bertz CT molecular complexity index is 2320. The van der Waals surface area contributed by atoms with Crippen LogP contribution in [0.3, 0.4) is 0 Å². The van der Waals surface area contributed by atoms with Crippen molar-refractivity contribution in [2.75, 3.05) is 13.7 Å². The summed E-state index contributed by atoms with van der Waals surface area (Å²) in [5, 5.41) is 14.6. The Balaban J connectivity index is 1.19. The summed E-state index contributed by atoms with van der Waals surface area (Å²) >= 11 is 0. The van der Waals surface area contributed by atoms with Gasteiger partial charge in [-0.1, -0.05) is 146 Å². The zero-order valence-electron chi connectivity index (χ0n) is 30.0. The van der Waals surface area contributed by atoms with E-state index in [0.717, 1.165) is 38.9 Å². The molecule has 1 aliphatic rings. The first-order valence-corrected chi connectivity index (χ1v) is 18.0. The molecule has 0 saturated heterocycles. The lowest BCUT2D eigenvalue weighted by Crippen LogP contribution is -2.52. The number of amides is 1. The lowest BCUT2D eigenvalue weighted by atomic mass is 9.77. The van der Waals surface area contributed by atoms with Crippen LogP contribution in [-0.4, -0.2) is 55.6 Å². The number of hydrogen-bond acceptors (Lipinski definition) is 7. The van der Waals surface area contributed by atoms with Gasteiger partial charge in [-0.05, 0) is 57.1 Å². The molecule has 0 bridgehead atoms. The highest BCUT2D eigenvalue weighted by Gasteiger charge is 2.57. The molecule has 3 heterocycles. The van der Waals surface area contributed by atoms with E-state index in [1.54, 1.807) is 28.0 Å². The summed E-state index contributed by atoms with van der Waals surface area (Å²) in [5.74, 6) is -0.246. The van der Waals surface area contributed by atoms with Crippen molar-refractivity contribution in [3.05, 3.63) is 191 Å². The summed E-state index contributed by atoms with van der Waals surface area (Å²) in [4.78, 5) is 35.2. The number of methoxy groups -OCH3 is 1. The second kappa shape index (κ2) is 14.4. The van der Waals surface area contributed by atoms with E-state index >= 15 is 0 Å². The van der Waals surface area contributed by atoms with E-state index in [4.69, 9.17) is 20.1 Å². The number of rotatable bonds is 11. The molecule has 0 saturated carbocycles. The average Bonchev–Trinajstić information content (AvgIpc) is 3.82. The topological polar surface area (TPSA) is 103 Å². The number of tetrazole rings is 1. The standard InChI is InChI=1S/C45H38N6O3/c1-3-30-50-42(52)39-24-15-29-46-40(39)44(50,43(53)54-2)31-32-25-27-33(28-26-32)37-22-13-14-23-38(37)41-47-49-51(48-41)45(34-16-7-4-8-17-34,35-18-9-5-10-19-35)36-20-11-6-12-21-36/h4-29H,3,30-31H2,1-2H3. The third-order valence-electron chi connectivity index (χ3n) is 10.3. The van der Waals surface area contributed by atoms with Crippen molar-refractivity contribution in [1.82, 2.24) is 30.1 Å². The van der Waals surface area contributed by atoms with E-state index in [0.29, 0.717) is 30.0 Å². The number of esters is 1. The van der Waals surface area contributed by atoms with Gasteiger partial charge in [-0.2, -0.15) is 0 Å². The second-order valence-electron chi connectivity index (χ2n) is 13.3. The number of hydrogen-bond donors (Lipinski definition) is 0. The predicted octanol–water partition coefficient (Wildman–Crippen LogP) is 7.72. The number of carbonyl (C=O) groups is 2. The fourth-order valence-electron chi connectivity index (χ4n) is 7.87. The largest absolute Gasteiger partial charge is 0.467 e. The minimum absolute atomic E-state index is 0.216. The first kappa shape index (κ1) is 34.4. The molecule has 1 atom stereocenters. The first-order valence-electron chi connectivity index (χ1n) is 18.0. The van der Waals surface area contributed by atoms with Crippen molar-refractivity contribution < 1.29 is 14.3 Å². The zero-order chi connectivity index (χ0) is 37.1. The van der Waals surface area contributed by atoms with Crippen LogP contribution in [0.2, 0.25) is 0 Å². The lowest BCUT2D eigenvalue weighted by Gasteiger charge is -2.36. The van der Waals surface area contributed by atoms with Crippen molar-refractivity contribution in [3.63, 3.8) is 0 Å². The van der Waals surface area contributed by atoms with Gasteiger partial charge in [0.25, 0.3) is 5.91 Å². The normalized spacial score (nSPS) is 15.2. The molecule has 1 aliphatic heterocycles. The van der Waals surface area contributed by atoms with Crippen molar-refractivity contribution in [1.29, 1.82) is 0 Å². The van der Waals surface area contributed by atoms with Crippen LogP contribution in [0.4, 0.5) is 0 Å². The Morgan fingerprint density at radius 2 is 1.26 bits per heavy atom. The summed E-state index contributed by atoms with van der Waals surface area (Å²) < 4.78 is 5.37. The molecule has 0 N–H and O–H groups in total. The number of aromatic nitrogens is 5. The molecule has 7 aromatic rings. The molecule has 0 fully saturated rings. The van der Waals surface area contributed by atoms with Gasteiger partial charge in [0.1, 0.15) is 0 Å². The fourth-order valence-corrected chi connectivity index (χ4v) is 7.87. The highest BCUT2D eigenvalue weighted by atomic mass is 16.5. The van der Waals surface area contributed by atoms with Crippen molar-refractivity contribution in [2.24, 2.45) is 0 Å². The molecule has 54 heavy (non-hydrogen) atoms. The Kier molecular flexibility index (Phi) is 9.13. The molecule has 2 aromatic heterocycles. The third-order valence-corrected chi connectivity index (χ3v) is 10.3. The Morgan fingerprint density at radius 3 is 1.83 bits per heavy atom. The van der Waals surface area contributed by atoms with Crippen molar-refractivity contribution in [3.8, 4) is 22.5 Å². The van der Waals surface area contributed by atoms with Crippen LogP contribution in [0.5, 0.6) is 0 Å². The minimum atomic E-state index is -1.37. The van der Waals surface area contributed by atoms with Crippen LogP contribution in [0.15, 0.2) is 158 Å². The van der Waals surface area contributed by atoms with Crippen LogP contribution >= 0.6 is 0 Å². The summed E-state index contributed by atoms with van der Waals surface area (Å²) in [6.45, 7) is 2.37. The van der Waals surface area contributed by atoms with E-state index in [9.17, 15) is 9.59 Å². The molecular formula is C45H38N6O3. The molecule has 9 nitrogen and oxygen atoms in total. The molecule has 8 rings (SSSR count). The Morgan fingerprint density at radius 1 is 0.704 bits per heavy atom. The quantitative estimate of drug-likeness (QED) is 0.100. The SMILES string of the molecule is CCCN1C(=O)c2cccnc2C1(Cc1ccc(-c2ccccc2-c2nnn(C(c3ccccc3)(c3ccccc3)c3ccccc3)n2)cc1)C(=O)OC. The van der Waals surface area contributed by atoms with Crippen LogP contribution in [0.1, 0.15) is 51.7 Å². The molecule has 9 heteroatoms. The number of benzene rings is 5. The smallest absolute Gasteiger partial charge is 0.338 e. The number of nitrogens with zero attached hydrogens (tertiary/aromatic N) is 6. The maximum Gasteiger partial charge on any atom is 0.338 e. The van der Waals surface area contributed by atoms with Gasteiger partial charge in [0.2, 0.25) is 5.82 Å². The van der Waals surface area contributed by atoms with E-state index in [2.05, 4.69) is 41.4 Å². The molecule has 5 aromatic carbocycles. The molecule has 0 aliphatic carbocycles. The average molecular weight is 711 g/mol. The van der Waals surface area contributed by atoms with Crippen LogP contribution in [-0.2, 0) is 27.0 Å². The molecule has 1 unspecified atom stereocenters. The number of ether oxygens (including phenoxy) is 1. The monoisotopic (exact) mass is 710 g/mol. The summed E-state index contributed by atoms with van der Waals surface area (Å²) in [6.07, 6.45) is 2.51. The van der Waals surface area contributed by atoms with Gasteiger partial charge in [-0.25, -0.2) is 4.79 Å². The molecule has 0 spiro atoms. The van der Waals surface area contributed by atoms with Crippen molar-refractivity contribution >= 4 is 11.9 Å². The van der Waals surface area contributed by atoms with Crippen LogP contribution in [0, 0.1) is 0 Å². The van der Waals surface area contributed by atoms with Gasteiger partial charge in [0.05, 0.1) is 18.4 Å². The zero-order valence-corrected chi connectivity index (χ0v) is 30.0. The fraction of sp³-hybridized carbons (Fsp3) is 0.156. The minimum Gasteiger partial charge on any atom is -0.467 e. The summed E-state index contributed by atoms with van der Waals surface area (Å²) in [5.41, 5.74) is 5.12. The third kappa shape index (κ3) is 5.56. The first-order chi connectivity index (χ1) is 26.5. The molecule has 0 radical (unpaired) electrons. The van der Waals surface area contributed by atoms with Gasteiger partial charge < -0.3 is 9.64 Å². The molecular weight excluding hydrogens is 673 g/mol. The highest BCUT2D eigenvalue weighted by molar-refractivity contribution is 6.05. The number of carbonyl (C=O) groups excluding carboxylic acids is 2.